The highest BCUT2D eigenvalue weighted by Crippen LogP contribution is 2.32. The van der Waals surface area contributed by atoms with Crippen LogP contribution in [0.15, 0.2) is 48.7 Å². The van der Waals surface area contributed by atoms with Crippen LogP contribution in [0, 0.1) is 0 Å². The number of hydrogen-bond acceptors (Lipinski definition) is 3. The Hall–Kier alpha value is -2.90. The number of aromatic nitrogens is 3. The maximum absolute atomic E-state index is 13.1. The van der Waals surface area contributed by atoms with E-state index in [1.54, 1.807) is 28.8 Å². The summed E-state index contributed by atoms with van der Waals surface area (Å²) in [6.45, 7) is 0.0379. The van der Waals surface area contributed by atoms with E-state index in [1.807, 2.05) is 0 Å². The van der Waals surface area contributed by atoms with Gasteiger partial charge in [-0.25, -0.2) is 0 Å². The van der Waals surface area contributed by atoms with E-state index in [0.717, 1.165) is 6.07 Å². The van der Waals surface area contributed by atoms with Crippen LogP contribution in [-0.4, -0.2) is 32.5 Å². The molecule has 0 saturated carbocycles. The molecule has 0 saturated heterocycles. The third kappa shape index (κ3) is 2.94. The van der Waals surface area contributed by atoms with Crippen molar-refractivity contribution >= 4 is 11.6 Å². The molecule has 1 amide bonds. The molecule has 2 heterocycles. The molecule has 0 aliphatic carbocycles. The van der Waals surface area contributed by atoms with Crippen LogP contribution in [0.25, 0.3) is 5.65 Å². The van der Waals surface area contributed by atoms with Gasteiger partial charge in [-0.15, -0.1) is 10.2 Å². The van der Waals surface area contributed by atoms with E-state index in [9.17, 15) is 18.0 Å². The van der Waals surface area contributed by atoms with Crippen molar-refractivity contribution in [1.82, 2.24) is 19.5 Å². The molecule has 0 aliphatic heterocycles. The fourth-order valence-electron chi connectivity index (χ4n) is 2.41. The number of hydrogen-bond donors (Lipinski definition) is 0. The molecule has 3 rings (SSSR count). The first-order valence-electron chi connectivity index (χ1n) is 7.08. The maximum atomic E-state index is 13.1. The third-order valence-electron chi connectivity index (χ3n) is 3.57. The molecule has 0 radical (unpaired) electrons. The number of halogens is 3. The van der Waals surface area contributed by atoms with Gasteiger partial charge in [-0.2, -0.15) is 13.2 Å². The number of carbonyl (C=O) groups excluding carboxylic acids is 1. The summed E-state index contributed by atoms with van der Waals surface area (Å²) in [7, 11) is 1.43. The summed E-state index contributed by atoms with van der Waals surface area (Å²) in [6.07, 6.45) is -2.86. The Morgan fingerprint density at radius 1 is 1.12 bits per heavy atom. The molecule has 0 N–H and O–H groups in total. The predicted molar refractivity (Wildman–Crippen MR) is 80.2 cm³/mol. The molecule has 0 fully saturated rings. The summed E-state index contributed by atoms with van der Waals surface area (Å²) >= 11 is 0. The van der Waals surface area contributed by atoms with Gasteiger partial charge in [0.15, 0.2) is 11.5 Å². The standard InChI is InChI=1S/C16H13F3N4O/c1-22(10-14-21-20-13-8-4-5-9-23(13)14)15(24)11-6-2-3-7-12(11)16(17,18)19/h2-9H,10H2,1H3. The van der Waals surface area contributed by atoms with Gasteiger partial charge < -0.3 is 4.90 Å². The van der Waals surface area contributed by atoms with Crippen LogP contribution in [0.4, 0.5) is 13.2 Å². The van der Waals surface area contributed by atoms with Crippen molar-refractivity contribution in [3.63, 3.8) is 0 Å². The molecule has 0 atom stereocenters. The van der Waals surface area contributed by atoms with Crippen molar-refractivity contribution in [2.45, 2.75) is 12.7 Å². The first-order valence-corrected chi connectivity index (χ1v) is 7.08. The molecule has 8 heteroatoms. The van der Waals surface area contributed by atoms with Gasteiger partial charge in [0.2, 0.25) is 0 Å². The lowest BCUT2D eigenvalue weighted by Gasteiger charge is -2.19. The van der Waals surface area contributed by atoms with Crippen LogP contribution in [-0.2, 0) is 12.7 Å². The van der Waals surface area contributed by atoms with Crippen LogP contribution in [0.2, 0.25) is 0 Å². The molecule has 0 spiro atoms. The first-order chi connectivity index (χ1) is 11.4. The van der Waals surface area contributed by atoms with Crippen LogP contribution >= 0.6 is 0 Å². The van der Waals surface area contributed by atoms with E-state index in [-0.39, 0.29) is 12.1 Å². The Morgan fingerprint density at radius 2 is 1.83 bits per heavy atom. The second-order valence-electron chi connectivity index (χ2n) is 5.25. The molecule has 5 nitrogen and oxygen atoms in total. The highest BCUT2D eigenvalue weighted by Gasteiger charge is 2.35. The average Bonchev–Trinajstić information content (AvgIpc) is 2.96. The zero-order valence-corrected chi connectivity index (χ0v) is 12.7. The van der Waals surface area contributed by atoms with Gasteiger partial charge >= 0.3 is 6.18 Å². The highest BCUT2D eigenvalue weighted by molar-refractivity contribution is 5.95. The van der Waals surface area contributed by atoms with E-state index in [1.165, 1.54) is 30.1 Å². The molecule has 0 aliphatic rings. The molecular weight excluding hydrogens is 321 g/mol. The van der Waals surface area contributed by atoms with Crippen molar-refractivity contribution in [3.05, 3.63) is 65.6 Å². The lowest BCUT2D eigenvalue weighted by atomic mass is 10.1. The Morgan fingerprint density at radius 3 is 2.58 bits per heavy atom. The SMILES string of the molecule is CN(Cc1nnc2ccccn12)C(=O)c1ccccc1C(F)(F)F. The molecule has 3 aromatic rings. The van der Waals surface area contributed by atoms with Crippen molar-refractivity contribution in [2.75, 3.05) is 7.05 Å². The van der Waals surface area contributed by atoms with Gasteiger partial charge in [0, 0.05) is 13.2 Å². The van der Waals surface area contributed by atoms with Gasteiger partial charge in [-0.3, -0.25) is 9.20 Å². The van der Waals surface area contributed by atoms with Crippen molar-refractivity contribution in [3.8, 4) is 0 Å². The molecular formula is C16H13F3N4O. The molecule has 124 valence electrons. The number of amides is 1. The zero-order valence-electron chi connectivity index (χ0n) is 12.7. The van der Waals surface area contributed by atoms with Gasteiger partial charge in [-0.1, -0.05) is 18.2 Å². The summed E-state index contributed by atoms with van der Waals surface area (Å²) in [5.74, 6) is -0.262. The van der Waals surface area contributed by atoms with Crippen LogP contribution in [0.1, 0.15) is 21.7 Å². The topological polar surface area (TPSA) is 50.5 Å². The number of rotatable bonds is 3. The average molecular weight is 334 g/mol. The summed E-state index contributed by atoms with van der Waals surface area (Å²) in [5, 5.41) is 7.93. The largest absolute Gasteiger partial charge is 0.417 e. The third-order valence-corrected chi connectivity index (χ3v) is 3.57. The van der Waals surface area contributed by atoms with Crippen molar-refractivity contribution in [2.24, 2.45) is 0 Å². The van der Waals surface area contributed by atoms with Crippen LogP contribution in [0.3, 0.4) is 0 Å². The van der Waals surface area contributed by atoms with E-state index in [4.69, 9.17) is 0 Å². The molecule has 2 aromatic heterocycles. The number of alkyl halides is 3. The van der Waals surface area contributed by atoms with Crippen molar-refractivity contribution in [1.29, 1.82) is 0 Å². The summed E-state index contributed by atoms with van der Waals surface area (Å²) < 4.78 is 40.9. The molecule has 1 aromatic carbocycles. The minimum absolute atomic E-state index is 0.0379. The van der Waals surface area contributed by atoms with Gasteiger partial charge in [-0.05, 0) is 24.3 Å². The fourth-order valence-corrected chi connectivity index (χ4v) is 2.41. The Bertz CT molecular complexity index is 888. The van der Waals surface area contributed by atoms with Crippen LogP contribution < -0.4 is 0 Å². The number of carbonyl (C=O) groups is 1. The number of pyridine rings is 1. The highest BCUT2D eigenvalue weighted by atomic mass is 19.4. The van der Waals surface area contributed by atoms with E-state index in [2.05, 4.69) is 10.2 Å². The van der Waals surface area contributed by atoms with Gasteiger partial charge in [0.25, 0.3) is 5.91 Å². The van der Waals surface area contributed by atoms with Crippen molar-refractivity contribution < 1.29 is 18.0 Å². The summed E-state index contributed by atoms with van der Waals surface area (Å²) in [5.41, 5.74) is -0.738. The lowest BCUT2D eigenvalue weighted by molar-refractivity contribution is -0.138. The number of benzene rings is 1. The van der Waals surface area contributed by atoms with E-state index < -0.39 is 17.6 Å². The number of nitrogens with zero attached hydrogens (tertiary/aromatic N) is 4. The second-order valence-corrected chi connectivity index (χ2v) is 5.25. The molecule has 0 unspecified atom stereocenters. The monoisotopic (exact) mass is 334 g/mol. The lowest BCUT2D eigenvalue weighted by Crippen LogP contribution is -2.29. The van der Waals surface area contributed by atoms with E-state index >= 15 is 0 Å². The minimum atomic E-state index is -4.59. The molecule has 24 heavy (non-hydrogen) atoms. The normalized spacial score (nSPS) is 11.7. The summed E-state index contributed by atoms with van der Waals surface area (Å²) in [6, 6.07) is 10.0. The smallest absolute Gasteiger partial charge is 0.334 e. The zero-order chi connectivity index (χ0) is 17.3. The Kier molecular flexibility index (Phi) is 3.96. The fraction of sp³-hybridized carbons (Fsp3) is 0.188. The summed E-state index contributed by atoms with van der Waals surface area (Å²) in [4.78, 5) is 13.6. The Labute approximate surface area is 135 Å². The van der Waals surface area contributed by atoms with Gasteiger partial charge in [0.1, 0.15) is 0 Å². The van der Waals surface area contributed by atoms with Gasteiger partial charge in [0.05, 0.1) is 17.7 Å². The maximum Gasteiger partial charge on any atom is 0.417 e. The molecule has 0 bridgehead atoms. The van der Waals surface area contributed by atoms with Crippen LogP contribution in [0.5, 0.6) is 0 Å². The number of fused-ring (bicyclic) bond motifs is 1. The quantitative estimate of drug-likeness (QED) is 0.740. The second kappa shape index (κ2) is 5.95. The Balaban J connectivity index is 1.88. The first kappa shape index (κ1) is 16.0. The predicted octanol–water partition coefficient (Wildman–Crippen LogP) is 3.02. The minimum Gasteiger partial charge on any atom is -0.334 e. The van der Waals surface area contributed by atoms with E-state index in [0.29, 0.717) is 11.5 Å².